The first-order valence-corrected chi connectivity index (χ1v) is 13.4. The summed E-state index contributed by atoms with van der Waals surface area (Å²) >= 11 is 0. The Kier molecular flexibility index (Phi) is 4.85. The molecule has 5 rings (SSSR count). The molecule has 4 nitrogen and oxygen atoms in total. The summed E-state index contributed by atoms with van der Waals surface area (Å²) in [7, 11) is 0. The highest BCUT2D eigenvalue weighted by Gasteiger charge is 3.00. The number of allylic oxidation sites excluding steroid dienone is 4. The van der Waals surface area contributed by atoms with Crippen LogP contribution in [0.4, 0.5) is 0 Å². The van der Waals surface area contributed by atoms with E-state index in [0.29, 0.717) is 11.8 Å². The first-order valence-electron chi connectivity index (χ1n) is 13.4. The van der Waals surface area contributed by atoms with Crippen LogP contribution < -0.4 is 0 Å². The molecule has 5 aliphatic rings. The van der Waals surface area contributed by atoms with Crippen molar-refractivity contribution in [3.8, 4) is 0 Å². The number of aliphatic hydroxyl groups is 4. The average molecular weight is 473 g/mol. The van der Waals surface area contributed by atoms with Crippen molar-refractivity contribution in [3.05, 3.63) is 23.3 Å². The molecule has 6 unspecified atom stereocenters. The van der Waals surface area contributed by atoms with Gasteiger partial charge in [-0.05, 0) is 59.2 Å². The Balaban J connectivity index is 1.76. The largest absolute Gasteiger partial charge is 0.396 e. The summed E-state index contributed by atoms with van der Waals surface area (Å²) in [6.07, 6.45) is 8.37. The highest BCUT2D eigenvalue weighted by atomic mass is 16.3. The maximum Gasteiger partial charge on any atom is 0.0509 e. The Labute approximate surface area is 206 Å². The second-order valence-corrected chi connectivity index (χ2v) is 15.6. The van der Waals surface area contributed by atoms with Gasteiger partial charge >= 0.3 is 0 Å². The third-order valence-corrected chi connectivity index (χ3v) is 11.8. The van der Waals surface area contributed by atoms with Gasteiger partial charge in [-0.3, -0.25) is 0 Å². The summed E-state index contributed by atoms with van der Waals surface area (Å²) in [4.78, 5) is 0. The van der Waals surface area contributed by atoms with Gasteiger partial charge < -0.3 is 20.4 Å². The molecule has 5 fully saturated rings. The smallest absolute Gasteiger partial charge is 0.0509 e. The van der Waals surface area contributed by atoms with Gasteiger partial charge in [-0.2, -0.15) is 0 Å². The van der Waals surface area contributed by atoms with Crippen molar-refractivity contribution in [1.82, 2.24) is 0 Å². The molecule has 192 valence electrons. The molecular formula is C30H48O4. The number of fused-ring (bicyclic) bond motifs is 1. The monoisotopic (exact) mass is 472 g/mol. The van der Waals surface area contributed by atoms with E-state index >= 15 is 0 Å². The Morgan fingerprint density at radius 1 is 0.647 bits per heavy atom. The number of aliphatic hydroxyl groups excluding tert-OH is 4. The lowest BCUT2D eigenvalue weighted by atomic mass is 9.07. The van der Waals surface area contributed by atoms with Gasteiger partial charge in [0.15, 0.2) is 0 Å². The highest BCUT2D eigenvalue weighted by molar-refractivity contribution is 5.64. The molecule has 0 saturated heterocycles. The first kappa shape index (κ1) is 25.0. The van der Waals surface area contributed by atoms with E-state index in [2.05, 4.69) is 67.5 Å². The maximum atomic E-state index is 10.5. The number of rotatable bonds is 4. The standard InChI is InChI=1S/C30H48O4/c1-23(2,3)9-19-21-11-27(15-31,16-32)13-29(21)25(19,7)26(8)20(10-24(4,5)6)22-12-28(17-33,18-34)14-30(22,26)29/h9-10,21-22,31-34H,11-18H2,1-8H3/b19-9+,20-10+. The van der Waals surface area contributed by atoms with Crippen molar-refractivity contribution in [3.63, 3.8) is 0 Å². The minimum Gasteiger partial charge on any atom is -0.396 e. The normalized spacial score (nSPS) is 47.9. The zero-order chi connectivity index (χ0) is 25.4. The van der Waals surface area contributed by atoms with E-state index in [4.69, 9.17) is 0 Å². The van der Waals surface area contributed by atoms with Crippen molar-refractivity contribution < 1.29 is 20.4 Å². The molecule has 2 spiro atoms. The van der Waals surface area contributed by atoms with E-state index in [9.17, 15) is 20.4 Å². The summed E-state index contributed by atoms with van der Waals surface area (Å²) in [5.74, 6) is 0.715. The lowest BCUT2D eigenvalue weighted by Crippen LogP contribution is -2.91. The Morgan fingerprint density at radius 3 is 1.18 bits per heavy atom. The molecule has 5 aliphatic carbocycles. The third-order valence-electron chi connectivity index (χ3n) is 11.8. The molecule has 4 heteroatoms. The van der Waals surface area contributed by atoms with Crippen LogP contribution in [0.1, 0.15) is 81.1 Å². The van der Waals surface area contributed by atoms with Crippen LogP contribution in [0.2, 0.25) is 0 Å². The predicted octanol–water partition coefficient (Wildman–Crippen LogP) is 4.72. The van der Waals surface area contributed by atoms with Gasteiger partial charge in [0, 0.05) is 21.7 Å². The van der Waals surface area contributed by atoms with Gasteiger partial charge in [-0.15, -0.1) is 0 Å². The van der Waals surface area contributed by atoms with Gasteiger partial charge in [0.2, 0.25) is 0 Å². The minimum atomic E-state index is -0.451. The third kappa shape index (κ3) is 2.32. The van der Waals surface area contributed by atoms with E-state index in [-0.39, 0.29) is 58.9 Å². The molecule has 4 N–H and O–H groups in total. The molecule has 0 aromatic carbocycles. The van der Waals surface area contributed by atoms with Crippen molar-refractivity contribution in [2.75, 3.05) is 26.4 Å². The second-order valence-electron chi connectivity index (χ2n) is 15.6. The van der Waals surface area contributed by atoms with Crippen molar-refractivity contribution >= 4 is 0 Å². The topological polar surface area (TPSA) is 80.9 Å². The van der Waals surface area contributed by atoms with Crippen LogP contribution in [0.25, 0.3) is 0 Å². The Bertz CT molecular complexity index is 877. The lowest BCUT2D eigenvalue weighted by Gasteiger charge is -2.96. The molecule has 0 radical (unpaired) electrons. The molecule has 0 aromatic heterocycles. The lowest BCUT2D eigenvalue weighted by molar-refractivity contribution is -0.410. The summed E-state index contributed by atoms with van der Waals surface area (Å²) in [6, 6.07) is 0. The predicted molar refractivity (Wildman–Crippen MR) is 135 cm³/mol. The van der Waals surface area contributed by atoms with Crippen LogP contribution in [0.5, 0.6) is 0 Å². The number of hydrogen-bond acceptors (Lipinski definition) is 4. The first-order chi connectivity index (χ1) is 15.5. The van der Waals surface area contributed by atoms with E-state index in [1.807, 2.05) is 0 Å². The molecule has 34 heavy (non-hydrogen) atoms. The summed E-state index contributed by atoms with van der Waals surface area (Å²) in [5, 5.41) is 42.0. The van der Waals surface area contributed by atoms with Gasteiger partial charge in [0.1, 0.15) is 0 Å². The van der Waals surface area contributed by atoms with Gasteiger partial charge in [0.25, 0.3) is 0 Å². The second kappa shape index (κ2) is 6.60. The molecule has 0 aromatic rings. The fourth-order valence-corrected chi connectivity index (χ4v) is 10.9. The highest BCUT2D eigenvalue weighted by Crippen LogP contribution is 3.05. The van der Waals surface area contributed by atoms with Crippen LogP contribution >= 0.6 is 0 Å². The van der Waals surface area contributed by atoms with Gasteiger partial charge in [-0.25, -0.2) is 0 Å². The summed E-state index contributed by atoms with van der Waals surface area (Å²) < 4.78 is 0. The zero-order valence-corrected chi connectivity index (χ0v) is 22.8. The number of hydrogen-bond donors (Lipinski definition) is 4. The molecule has 0 aliphatic heterocycles. The molecule has 0 heterocycles. The van der Waals surface area contributed by atoms with E-state index < -0.39 is 10.8 Å². The van der Waals surface area contributed by atoms with Crippen LogP contribution in [0, 0.1) is 55.2 Å². The van der Waals surface area contributed by atoms with Crippen LogP contribution in [-0.4, -0.2) is 46.9 Å². The van der Waals surface area contributed by atoms with E-state index in [0.717, 1.165) is 25.7 Å². The van der Waals surface area contributed by atoms with Gasteiger partial charge in [-0.1, -0.05) is 78.7 Å². The van der Waals surface area contributed by atoms with E-state index in [1.165, 1.54) is 11.1 Å². The zero-order valence-electron chi connectivity index (χ0n) is 22.8. The molecule has 0 bridgehead atoms. The van der Waals surface area contributed by atoms with Crippen molar-refractivity contribution in [2.45, 2.75) is 81.1 Å². The quantitative estimate of drug-likeness (QED) is 0.446. The van der Waals surface area contributed by atoms with Crippen molar-refractivity contribution in [1.29, 1.82) is 0 Å². The van der Waals surface area contributed by atoms with Gasteiger partial charge in [0.05, 0.1) is 26.4 Å². The fourth-order valence-electron chi connectivity index (χ4n) is 10.9. The Morgan fingerprint density at radius 2 is 0.941 bits per heavy atom. The van der Waals surface area contributed by atoms with E-state index in [1.54, 1.807) is 0 Å². The average Bonchev–Trinajstić information content (AvgIpc) is 3.27. The fraction of sp³-hybridized carbons (Fsp3) is 0.867. The maximum absolute atomic E-state index is 10.5. The van der Waals surface area contributed by atoms with Crippen LogP contribution in [0.3, 0.4) is 0 Å². The van der Waals surface area contributed by atoms with Crippen LogP contribution in [-0.2, 0) is 0 Å². The Hall–Kier alpha value is -0.680. The van der Waals surface area contributed by atoms with Crippen LogP contribution in [0.15, 0.2) is 23.3 Å². The molecule has 5 saturated carbocycles. The molecule has 6 atom stereocenters. The SMILES string of the molecule is CC(C)(C)/C=C1\C2CC(CO)(CO)CC23C1(C)C1(C)/C(=C/C(C)(C)C)C2CC(CO)(CO)CC213. The minimum absolute atomic E-state index is 0.00325. The molecular weight excluding hydrogens is 424 g/mol. The van der Waals surface area contributed by atoms with Crippen molar-refractivity contribution in [2.24, 2.45) is 55.2 Å². The molecule has 0 amide bonds. The summed E-state index contributed by atoms with van der Waals surface area (Å²) in [5.41, 5.74) is 2.21. The summed E-state index contributed by atoms with van der Waals surface area (Å²) in [6.45, 7) is 18.7.